The van der Waals surface area contributed by atoms with E-state index < -0.39 is 10.0 Å². The van der Waals surface area contributed by atoms with Gasteiger partial charge < -0.3 is 14.8 Å². The predicted molar refractivity (Wildman–Crippen MR) is 86.1 cm³/mol. The molecule has 0 saturated carbocycles. The maximum Gasteiger partial charge on any atom is 0.244 e. The van der Waals surface area contributed by atoms with E-state index >= 15 is 0 Å². The second-order valence-corrected chi connectivity index (χ2v) is 7.10. The van der Waals surface area contributed by atoms with E-state index in [2.05, 4.69) is 10.0 Å². The van der Waals surface area contributed by atoms with E-state index in [0.29, 0.717) is 18.7 Å². The number of benzene rings is 1. The maximum absolute atomic E-state index is 12.5. The lowest BCUT2D eigenvalue weighted by Crippen LogP contribution is -2.27. The van der Waals surface area contributed by atoms with Crippen LogP contribution in [0.1, 0.15) is 26.2 Å². The van der Waals surface area contributed by atoms with E-state index in [1.54, 1.807) is 6.07 Å². The Bertz CT molecular complexity index is 654. The molecular weight excluding hydrogens is 320 g/mol. The van der Waals surface area contributed by atoms with Crippen LogP contribution < -0.4 is 14.8 Å². The summed E-state index contributed by atoms with van der Waals surface area (Å²) in [7, 11) is -2.33. The molecule has 1 aromatic carbocycles. The molecule has 1 amide bonds. The largest absolute Gasteiger partial charge is 0.495 e. The molecule has 2 N–H and O–H groups in total. The average Bonchev–Trinajstić information content (AvgIpc) is 2.99. The third kappa shape index (κ3) is 4.92. The first-order chi connectivity index (χ1) is 10.9. The molecule has 0 radical (unpaired) electrons. The van der Waals surface area contributed by atoms with Crippen molar-refractivity contribution < 1.29 is 22.7 Å². The highest BCUT2D eigenvalue weighted by molar-refractivity contribution is 7.89. The van der Waals surface area contributed by atoms with Crippen LogP contribution in [0.15, 0.2) is 23.1 Å². The highest BCUT2D eigenvalue weighted by Crippen LogP contribution is 2.27. The van der Waals surface area contributed by atoms with Crippen molar-refractivity contribution in [3.63, 3.8) is 0 Å². The number of anilines is 1. The van der Waals surface area contributed by atoms with Gasteiger partial charge in [-0.1, -0.05) is 0 Å². The molecule has 1 heterocycles. The summed E-state index contributed by atoms with van der Waals surface area (Å²) in [5, 5.41) is 2.56. The van der Waals surface area contributed by atoms with E-state index in [4.69, 9.17) is 9.47 Å². The first-order valence-electron chi connectivity index (χ1n) is 7.49. The average molecular weight is 342 g/mol. The standard InChI is InChI=1S/C15H22N2O5S/c1-11(18)17-12-5-6-14(21-2)15(10-12)23(19,20)16-8-7-13-4-3-9-22-13/h5-6,10,13,16H,3-4,7-9H2,1-2H3,(H,17,18)/t13-/m0/s1. The van der Waals surface area contributed by atoms with E-state index in [9.17, 15) is 13.2 Å². The SMILES string of the molecule is COc1ccc(NC(C)=O)cc1S(=O)(=O)NCC[C@@H]1CCCO1. The third-order valence-electron chi connectivity index (χ3n) is 3.56. The van der Waals surface area contributed by atoms with Crippen LogP contribution in [0.5, 0.6) is 5.75 Å². The van der Waals surface area contributed by atoms with Gasteiger partial charge >= 0.3 is 0 Å². The van der Waals surface area contributed by atoms with Gasteiger partial charge in [0, 0.05) is 25.8 Å². The Labute approximate surface area is 136 Å². The number of nitrogens with one attached hydrogen (secondary N) is 2. The molecule has 1 aliphatic heterocycles. The molecule has 1 aliphatic rings. The van der Waals surface area contributed by atoms with Crippen LogP contribution in [0.25, 0.3) is 0 Å². The molecule has 128 valence electrons. The van der Waals surface area contributed by atoms with Gasteiger partial charge in [-0.2, -0.15) is 0 Å². The monoisotopic (exact) mass is 342 g/mol. The lowest BCUT2D eigenvalue weighted by atomic mass is 10.2. The summed E-state index contributed by atoms with van der Waals surface area (Å²) in [5.41, 5.74) is 0.401. The van der Waals surface area contributed by atoms with Crippen LogP contribution in [-0.4, -0.2) is 40.7 Å². The molecular formula is C15H22N2O5S. The summed E-state index contributed by atoms with van der Waals surface area (Å²) in [6, 6.07) is 4.49. The smallest absolute Gasteiger partial charge is 0.244 e. The van der Waals surface area contributed by atoms with Gasteiger partial charge in [-0.3, -0.25) is 4.79 Å². The third-order valence-corrected chi connectivity index (χ3v) is 5.04. The van der Waals surface area contributed by atoms with Gasteiger partial charge in [0.15, 0.2) is 0 Å². The summed E-state index contributed by atoms with van der Waals surface area (Å²) in [4.78, 5) is 11.1. The fourth-order valence-corrected chi connectivity index (χ4v) is 3.71. The normalized spacial score (nSPS) is 17.9. The number of carbonyl (C=O) groups excluding carboxylic acids is 1. The molecule has 1 fully saturated rings. The second-order valence-electron chi connectivity index (χ2n) is 5.37. The number of carbonyl (C=O) groups is 1. The minimum absolute atomic E-state index is 0.00131. The van der Waals surface area contributed by atoms with Crippen molar-refractivity contribution in [2.45, 2.75) is 37.2 Å². The molecule has 1 saturated heterocycles. The van der Waals surface area contributed by atoms with Crippen LogP contribution in [-0.2, 0) is 19.6 Å². The first kappa shape index (κ1) is 17.7. The maximum atomic E-state index is 12.5. The van der Waals surface area contributed by atoms with Gasteiger partial charge in [0.2, 0.25) is 15.9 Å². The van der Waals surface area contributed by atoms with Crippen molar-refractivity contribution in [1.82, 2.24) is 4.72 Å². The fourth-order valence-electron chi connectivity index (χ4n) is 2.47. The highest BCUT2D eigenvalue weighted by Gasteiger charge is 2.22. The Morgan fingerprint density at radius 1 is 1.43 bits per heavy atom. The molecule has 0 bridgehead atoms. The van der Waals surface area contributed by atoms with Crippen molar-refractivity contribution in [2.24, 2.45) is 0 Å². The van der Waals surface area contributed by atoms with Crippen LogP contribution in [0.4, 0.5) is 5.69 Å². The summed E-state index contributed by atoms with van der Waals surface area (Å²) < 4.78 is 38.1. The summed E-state index contributed by atoms with van der Waals surface area (Å²) in [5.74, 6) is -0.0476. The highest BCUT2D eigenvalue weighted by atomic mass is 32.2. The summed E-state index contributed by atoms with van der Waals surface area (Å²) in [6.45, 7) is 2.39. The Balaban J connectivity index is 2.10. The number of rotatable bonds is 7. The van der Waals surface area contributed by atoms with E-state index in [0.717, 1.165) is 19.4 Å². The number of ether oxygens (including phenoxy) is 2. The van der Waals surface area contributed by atoms with Crippen LogP contribution in [0.2, 0.25) is 0 Å². The van der Waals surface area contributed by atoms with Crippen molar-refractivity contribution in [3.8, 4) is 5.75 Å². The van der Waals surface area contributed by atoms with Crippen LogP contribution in [0, 0.1) is 0 Å². The van der Waals surface area contributed by atoms with Gasteiger partial charge in [0.25, 0.3) is 0 Å². The van der Waals surface area contributed by atoms with Crippen molar-refractivity contribution in [1.29, 1.82) is 0 Å². The Hall–Kier alpha value is -1.64. The van der Waals surface area contributed by atoms with Gasteiger partial charge in [0.1, 0.15) is 10.6 Å². The second kappa shape index (κ2) is 7.76. The summed E-state index contributed by atoms with van der Waals surface area (Å²) >= 11 is 0. The van der Waals surface area contributed by atoms with Gasteiger partial charge in [-0.25, -0.2) is 13.1 Å². The van der Waals surface area contributed by atoms with Gasteiger partial charge in [-0.05, 0) is 37.5 Å². The number of hydrogen-bond donors (Lipinski definition) is 2. The summed E-state index contributed by atoms with van der Waals surface area (Å²) in [6.07, 6.45) is 2.73. The zero-order chi connectivity index (χ0) is 16.9. The predicted octanol–water partition coefficient (Wildman–Crippen LogP) is 1.50. The Morgan fingerprint density at radius 2 is 2.22 bits per heavy atom. The molecule has 8 heteroatoms. The van der Waals surface area contributed by atoms with Crippen molar-refractivity contribution in [3.05, 3.63) is 18.2 Å². The number of hydrogen-bond acceptors (Lipinski definition) is 5. The Morgan fingerprint density at radius 3 is 2.83 bits per heavy atom. The topological polar surface area (TPSA) is 93.7 Å². The number of methoxy groups -OCH3 is 1. The molecule has 23 heavy (non-hydrogen) atoms. The first-order valence-corrected chi connectivity index (χ1v) is 8.97. The molecule has 0 unspecified atom stereocenters. The van der Waals surface area contributed by atoms with Gasteiger partial charge in [-0.15, -0.1) is 0 Å². The van der Waals surface area contributed by atoms with Crippen LogP contribution >= 0.6 is 0 Å². The number of sulfonamides is 1. The number of amides is 1. The van der Waals surface area contributed by atoms with Gasteiger partial charge in [0.05, 0.1) is 13.2 Å². The molecule has 0 spiro atoms. The zero-order valence-corrected chi connectivity index (χ0v) is 14.1. The zero-order valence-electron chi connectivity index (χ0n) is 13.3. The van der Waals surface area contributed by atoms with E-state index in [1.807, 2.05) is 0 Å². The molecule has 7 nitrogen and oxygen atoms in total. The lowest BCUT2D eigenvalue weighted by molar-refractivity contribution is -0.114. The van der Waals surface area contributed by atoms with Crippen molar-refractivity contribution in [2.75, 3.05) is 25.6 Å². The minimum Gasteiger partial charge on any atom is -0.495 e. The van der Waals surface area contributed by atoms with Crippen molar-refractivity contribution >= 4 is 21.6 Å². The quantitative estimate of drug-likeness (QED) is 0.783. The lowest BCUT2D eigenvalue weighted by Gasteiger charge is -2.14. The fraction of sp³-hybridized carbons (Fsp3) is 0.533. The van der Waals surface area contributed by atoms with E-state index in [-0.39, 0.29) is 22.7 Å². The molecule has 1 aromatic rings. The molecule has 0 aliphatic carbocycles. The molecule has 1 atom stereocenters. The van der Waals surface area contributed by atoms with Crippen LogP contribution in [0.3, 0.4) is 0 Å². The minimum atomic E-state index is -3.73. The Kier molecular flexibility index (Phi) is 5.97. The van der Waals surface area contributed by atoms with E-state index in [1.165, 1.54) is 26.2 Å². The molecule has 2 rings (SSSR count). The molecule has 0 aromatic heterocycles.